The van der Waals surface area contributed by atoms with Crippen molar-refractivity contribution >= 4 is 11.3 Å². The van der Waals surface area contributed by atoms with Crippen LogP contribution in [0.1, 0.15) is 49.2 Å². The molecule has 1 atom stereocenters. The van der Waals surface area contributed by atoms with Gasteiger partial charge in [-0.1, -0.05) is 13.8 Å². The summed E-state index contributed by atoms with van der Waals surface area (Å²) in [6.07, 6.45) is 4.97. The molecule has 0 spiro atoms. The molecule has 0 saturated carbocycles. The van der Waals surface area contributed by atoms with E-state index >= 15 is 0 Å². The summed E-state index contributed by atoms with van der Waals surface area (Å²) in [6, 6.07) is 0. The molecule has 0 amide bonds. The largest absolute Gasteiger partial charge is 0.319 e. The summed E-state index contributed by atoms with van der Waals surface area (Å²) in [4.78, 5) is 6.22. The molecule has 0 saturated heterocycles. The summed E-state index contributed by atoms with van der Waals surface area (Å²) in [5.74, 6) is 0.435. The Morgan fingerprint density at radius 1 is 1.33 bits per heavy atom. The molecule has 15 heavy (non-hydrogen) atoms. The molecular weight excluding hydrogens is 204 g/mol. The summed E-state index contributed by atoms with van der Waals surface area (Å²) in [5.41, 5.74) is 7.40. The molecule has 0 aromatic carbocycles. The van der Waals surface area contributed by atoms with Crippen molar-refractivity contribution in [1.82, 2.24) is 4.98 Å². The second kappa shape index (κ2) is 3.87. The van der Waals surface area contributed by atoms with Gasteiger partial charge in [-0.2, -0.15) is 0 Å². The lowest BCUT2D eigenvalue weighted by Crippen LogP contribution is -2.38. The highest BCUT2D eigenvalue weighted by molar-refractivity contribution is 7.11. The Morgan fingerprint density at radius 2 is 2.00 bits per heavy atom. The van der Waals surface area contributed by atoms with Crippen molar-refractivity contribution in [3.05, 3.63) is 15.6 Å². The number of rotatable bonds is 2. The van der Waals surface area contributed by atoms with E-state index < -0.39 is 0 Å². The van der Waals surface area contributed by atoms with Crippen LogP contribution in [-0.2, 0) is 18.4 Å². The Hall–Kier alpha value is -0.410. The van der Waals surface area contributed by atoms with Crippen molar-refractivity contribution in [2.75, 3.05) is 0 Å². The van der Waals surface area contributed by atoms with Gasteiger partial charge in [0.05, 0.1) is 11.2 Å². The van der Waals surface area contributed by atoms with Crippen molar-refractivity contribution in [3.8, 4) is 0 Å². The Labute approximate surface area is 95.9 Å². The monoisotopic (exact) mass is 224 g/mol. The first-order valence-electron chi connectivity index (χ1n) is 5.79. The smallest absolute Gasteiger partial charge is 0.113 e. The van der Waals surface area contributed by atoms with Crippen LogP contribution in [0.15, 0.2) is 0 Å². The quantitative estimate of drug-likeness (QED) is 0.839. The average molecular weight is 224 g/mol. The van der Waals surface area contributed by atoms with Crippen molar-refractivity contribution < 1.29 is 0 Å². The van der Waals surface area contributed by atoms with Crippen LogP contribution in [0.4, 0.5) is 0 Å². The van der Waals surface area contributed by atoms with E-state index in [1.165, 1.54) is 29.8 Å². The van der Waals surface area contributed by atoms with Gasteiger partial charge in [-0.3, -0.25) is 0 Å². The van der Waals surface area contributed by atoms with Gasteiger partial charge in [0.25, 0.3) is 0 Å². The molecule has 1 aromatic rings. The lowest BCUT2D eigenvalue weighted by Gasteiger charge is -2.26. The number of hydrogen-bond donors (Lipinski definition) is 1. The van der Waals surface area contributed by atoms with Crippen molar-refractivity contribution in [2.24, 2.45) is 11.7 Å². The van der Waals surface area contributed by atoms with Crippen molar-refractivity contribution in [3.63, 3.8) is 0 Å². The number of aryl methyl sites for hydroxylation is 2. The zero-order valence-corrected chi connectivity index (χ0v) is 10.7. The second-order valence-electron chi connectivity index (χ2n) is 5.03. The van der Waals surface area contributed by atoms with Gasteiger partial charge in [-0.05, 0) is 38.5 Å². The maximum Gasteiger partial charge on any atom is 0.113 e. The van der Waals surface area contributed by atoms with Gasteiger partial charge in [-0.25, -0.2) is 4.98 Å². The lowest BCUT2D eigenvalue weighted by atomic mass is 9.90. The van der Waals surface area contributed by atoms with E-state index in [4.69, 9.17) is 10.7 Å². The molecule has 2 rings (SSSR count). The first kappa shape index (κ1) is 11.1. The van der Waals surface area contributed by atoms with E-state index in [0.29, 0.717) is 5.92 Å². The second-order valence-corrected chi connectivity index (χ2v) is 6.12. The summed E-state index contributed by atoms with van der Waals surface area (Å²) in [5, 5.41) is 1.13. The fourth-order valence-corrected chi connectivity index (χ4v) is 3.19. The van der Waals surface area contributed by atoms with Crippen LogP contribution in [0.5, 0.6) is 0 Å². The minimum Gasteiger partial charge on any atom is -0.319 e. The van der Waals surface area contributed by atoms with Gasteiger partial charge >= 0.3 is 0 Å². The topological polar surface area (TPSA) is 38.9 Å². The van der Waals surface area contributed by atoms with Crippen LogP contribution in [0.3, 0.4) is 0 Å². The first-order valence-corrected chi connectivity index (χ1v) is 6.61. The standard InChI is InChI=1S/C12H20N2S/c1-8(2)12(3,13)11-14-9-6-4-5-7-10(9)15-11/h8H,4-7,13H2,1-3H3. The van der Waals surface area contributed by atoms with Crippen molar-refractivity contribution in [2.45, 2.75) is 52.0 Å². The highest BCUT2D eigenvalue weighted by Gasteiger charge is 2.30. The van der Waals surface area contributed by atoms with E-state index in [9.17, 15) is 0 Å². The van der Waals surface area contributed by atoms with Crippen LogP contribution in [0.2, 0.25) is 0 Å². The number of hydrogen-bond acceptors (Lipinski definition) is 3. The third-order valence-electron chi connectivity index (χ3n) is 3.51. The van der Waals surface area contributed by atoms with Gasteiger partial charge in [-0.15, -0.1) is 11.3 Å². The Morgan fingerprint density at radius 3 is 2.60 bits per heavy atom. The maximum atomic E-state index is 6.34. The van der Waals surface area contributed by atoms with Crippen LogP contribution in [0.25, 0.3) is 0 Å². The maximum absolute atomic E-state index is 6.34. The van der Waals surface area contributed by atoms with E-state index in [1.54, 1.807) is 0 Å². The first-order chi connectivity index (χ1) is 7.01. The molecule has 0 radical (unpaired) electrons. The van der Waals surface area contributed by atoms with Gasteiger partial charge in [0.1, 0.15) is 5.01 Å². The zero-order valence-electron chi connectivity index (χ0n) is 9.84. The Balaban J connectivity index is 2.33. The molecule has 1 aliphatic carbocycles. The van der Waals surface area contributed by atoms with Gasteiger partial charge in [0, 0.05) is 4.88 Å². The van der Waals surface area contributed by atoms with Crippen LogP contribution in [0, 0.1) is 5.92 Å². The molecular formula is C12H20N2S. The molecule has 2 nitrogen and oxygen atoms in total. The third-order valence-corrected chi connectivity index (χ3v) is 4.92. The van der Waals surface area contributed by atoms with Gasteiger partial charge in [0.15, 0.2) is 0 Å². The van der Waals surface area contributed by atoms with Crippen LogP contribution < -0.4 is 5.73 Å². The predicted molar refractivity (Wildman–Crippen MR) is 65.1 cm³/mol. The average Bonchev–Trinajstić information content (AvgIpc) is 2.61. The van der Waals surface area contributed by atoms with Crippen LogP contribution >= 0.6 is 11.3 Å². The molecule has 1 aromatic heterocycles. The molecule has 1 unspecified atom stereocenters. The molecule has 2 N–H and O–H groups in total. The molecule has 1 heterocycles. The highest BCUT2D eigenvalue weighted by Crippen LogP contribution is 2.34. The third kappa shape index (κ3) is 1.95. The molecule has 1 aliphatic rings. The zero-order chi connectivity index (χ0) is 11.1. The summed E-state index contributed by atoms with van der Waals surface area (Å²) in [7, 11) is 0. The normalized spacial score (nSPS) is 20.1. The molecule has 0 aliphatic heterocycles. The molecule has 3 heteroatoms. The number of fused-ring (bicyclic) bond motifs is 1. The number of nitrogens with zero attached hydrogens (tertiary/aromatic N) is 1. The minimum atomic E-state index is -0.262. The highest BCUT2D eigenvalue weighted by atomic mass is 32.1. The van der Waals surface area contributed by atoms with E-state index in [1.807, 2.05) is 11.3 Å². The van der Waals surface area contributed by atoms with Gasteiger partial charge in [0.2, 0.25) is 0 Å². The predicted octanol–water partition coefficient (Wildman–Crippen LogP) is 2.85. The Bertz CT molecular complexity index is 329. The summed E-state index contributed by atoms with van der Waals surface area (Å²) < 4.78 is 0. The number of aromatic nitrogens is 1. The molecule has 84 valence electrons. The number of nitrogens with two attached hydrogens (primary N) is 1. The van der Waals surface area contributed by atoms with E-state index in [0.717, 1.165) is 11.4 Å². The van der Waals surface area contributed by atoms with E-state index in [2.05, 4.69) is 20.8 Å². The molecule has 0 bridgehead atoms. The SMILES string of the molecule is CC(C)C(C)(N)c1nc2c(s1)CCCC2. The van der Waals surface area contributed by atoms with Crippen LogP contribution in [-0.4, -0.2) is 4.98 Å². The fourth-order valence-electron chi connectivity index (χ4n) is 1.83. The lowest BCUT2D eigenvalue weighted by molar-refractivity contribution is 0.348. The van der Waals surface area contributed by atoms with Gasteiger partial charge < -0.3 is 5.73 Å². The Kier molecular flexibility index (Phi) is 2.86. The van der Waals surface area contributed by atoms with Crippen molar-refractivity contribution in [1.29, 1.82) is 0 Å². The number of thiazole rings is 1. The molecule has 0 fully saturated rings. The van der Waals surface area contributed by atoms with E-state index in [-0.39, 0.29) is 5.54 Å². The summed E-state index contributed by atoms with van der Waals surface area (Å²) >= 11 is 1.83. The minimum absolute atomic E-state index is 0.262. The summed E-state index contributed by atoms with van der Waals surface area (Å²) in [6.45, 7) is 6.43. The fraction of sp³-hybridized carbons (Fsp3) is 0.750.